The lowest BCUT2D eigenvalue weighted by molar-refractivity contribution is -0.117. The van der Waals surface area contributed by atoms with E-state index in [9.17, 15) is 4.79 Å². The van der Waals surface area contributed by atoms with Crippen LogP contribution in [0.4, 0.5) is 0 Å². The molecule has 0 saturated carbocycles. The maximum absolute atomic E-state index is 10.8. The zero-order chi connectivity index (χ0) is 11.1. The summed E-state index contributed by atoms with van der Waals surface area (Å²) in [6, 6.07) is 0. The summed E-state index contributed by atoms with van der Waals surface area (Å²) in [4.78, 5) is 13.3. The molecule has 88 valence electrons. The minimum absolute atomic E-state index is 0.333. The summed E-state index contributed by atoms with van der Waals surface area (Å²) in [5.74, 6) is 1.30. The maximum Gasteiger partial charge on any atom is 0.129 e. The molecule has 0 bridgehead atoms. The normalized spacial score (nSPS) is 19.3. The molecule has 1 fully saturated rings. The van der Waals surface area contributed by atoms with Gasteiger partial charge in [0.25, 0.3) is 0 Å². The highest BCUT2D eigenvalue weighted by Gasteiger charge is 2.16. The molecular formula is C13H25NO. The third-order valence-electron chi connectivity index (χ3n) is 3.54. The van der Waals surface area contributed by atoms with Gasteiger partial charge in [-0.2, -0.15) is 0 Å². The predicted octanol–water partition coefficient (Wildman–Crippen LogP) is 2.87. The number of hydrogen-bond donors (Lipinski definition) is 0. The van der Waals surface area contributed by atoms with Gasteiger partial charge in [-0.3, -0.25) is 0 Å². The fourth-order valence-electron chi connectivity index (χ4n) is 2.33. The molecule has 2 heteroatoms. The van der Waals surface area contributed by atoms with Crippen molar-refractivity contribution in [3.63, 3.8) is 0 Å². The molecule has 15 heavy (non-hydrogen) atoms. The summed E-state index contributed by atoms with van der Waals surface area (Å²) in [6.45, 7) is 7.74. The number of piperidine rings is 1. The van der Waals surface area contributed by atoms with E-state index < -0.39 is 0 Å². The Bertz CT molecular complexity index is 183. The zero-order valence-corrected chi connectivity index (χ0v) is 10.3. The molecule has 0 N–H and O–H groups in total. The van der Waals surface area contributed by atoms with Crippen LogP contribution in [0.2, 0.25) is 0 Å². The van der Waals surface area contributed by atoms with Crippen LogP contribution in [0.15, 0.2) is 0 Å². The first-order valence-corrected chi connectivity index (χ1v) is 6.44. The van der Waals surface area contributed by atoms with E-state index >= 15 is 0 Å². The molecule has 0 unspecified atom stereocenters. The van der Waals surface area contributed by atoms with E-state index in [0.29, 0.717) is 5.78 Å². The van der Waals surface area contributed by atoms with Crippen LogP contribution in [0.5, 0.6) is 0 Å². The zero-order valence-electron chi connectivity index (χ0n) is 10.3. The fraction of sp³-hybridized carbons (Fsp3) is 0.923. The molecular weight excluding hydrogens is 186 g/mol. The Morgan fingerprint density at radius 1 is 1.27 bits per heavy atom. The van der Waals surface area contributed by atoms with Gasteiger partial charge in [0.2, 0.25) is 0 Å². The van der Waals surface area contributed by atoms with Gasteiger partial charge in [0, 0.05) is 6.42 Å². The van der Waals surface area contributed by atoms with Gasteiger partial charge < -0.3 is 9.69 Å². The molecule has 0 aromatic carbocycles. The molecule has 1 aliphatic rings. The van der Waals surface area contributed by atoms with E-state index in [0.717, 1.165) is 18.8 Å². The molecule has 1 saturated heterocycles. The highest BCUT2D eigenvalue weighted by molar-refractivity contribution is 5.75. The first-order chi connectivity index (χ1) is 7.22. The van der Waals surface area contributed by atoms with Gasteiger partial charge in [0.1, 0.15) is 5.78 Å². The molecule has 0 spiro atoms. The molecule has 1 aliphatic heterocycles. The predicted molar refractivity (Wildman–Crippen MR) is 64.0 cm³/mol. The SMILES string of the molecule is CCC1CCN(CCCCC(C)=O)CC1. The Hall–Kier alpha value is -0.370. The van der Waals surface area contributed by atoms with E-state index in [1.54, 1.807) is 6.92 Å². The molecule has 0 aromatic heterocycles. The average Bonchev–Trinajstić information content (AvgIpc) is 2.25. The quantitative estimate of drug-likeness (QED) is 0.630. The molecule has 0 amide bonds. The molecule has 0 aromatic rings. The summed E-state index contributed by atoms with van der Waals surface area (Å²) < 4.78 is 0. The number of carbonyl (C=O) groups is 1. The number of ketones is 1. The lowest BCUT2D eigenvalue weighted by atomic mass is 9.94. The third-order valence-corrected chi connectivity index (χ3v) is 3.54. The Kier molecular flexibility index (Phi) is 5.92. The smallest absolute Gasteiger partial charge is 0.129 e. The van der Waals surface area contributed by atoms with E-state index in [1.165, 1.54) is 45.3 Å². The standard InChI is InChI=1S/C13H25NO/c1-3-13-7-10-14(11-8-13)9-5-4-6-12(2)15/h13H,3-11H2,1-2H3. The number of hydrogen-bond acceptors (Lipinski definition) is 2. The van der Waals surface area contributed by atoms with E-state index in [2.05, 4.69) is 11.8 Å². The number of carbonyl (C=O) groups excluding carboxylic acids is 1. The van der Waals surface area contributed by atoms with Crippen LogP contribution in [0, 0.1) is 5.92 Å². The van der Waals surface area contributed by atoms with Gasteiger partial charge in [-0.05, 0) is 58.2 Å². The van der Waals surface area contributed by atoms with Crippen molar-refractivity contribution in [2.24, 2.45) is 5.92 Å². The van der Waals surface area contributed by atoms with Gasteiger partial charge in [0.05, 0.1) is 0 Å². The van der Waals surface area contributed by atoms with Crippen LogP contribution < -0.4 is 0 Å². The third kappa shape index (κ3) is 5.31. The van der Waals surface area contributed by atoms with Crippen molar-refractivity contribution >= 4 is 5.78 Å². The summed E-state index contributed by atoms with van der Waals surface area (Å²) in [7, 11) is 0. The minimum atomic E-state index is 0.333. The second kappa shape index (κ2) is 7.00. The number of likely N-dealkylation sites (tertiary alicyclic amines) is 1. The van der Waals surface area contributed by atoms with Crippen molar-refractivity contribution in [2.45, 2.75) is 52.4 Å². The first kappa shape index (κ1) is 12.7. The molecule has 1 rings (SSSR count). The number of Topliss-reactive ketones (excluding diaryl/α,β-unsaturated/α-hetero) is 1. The van der Waals surface area contributed by atoms with Crippen LogP contribution in [0.3, 0.4) is 0 Å². The van der Waals surface area contributed by atoms with Crippen molar-refractivity contribution in [1.82, 2.24) is 4.90 Å². The number of unbranched alkanes of at least 4 members (excludes halogenated alkanes) is 1. The van der Waals surface area contributed by atoms with Crippen LogP contribution in [0.1, 0.15) is 52.4 Å². The largest absolute Gasteiger partial charge is 0.303 e. The lowest BCUT2D eigenvalue weighted by Gasteiger charge is -2.31. The summed E-state index contributed by atoms with van der Waals surface area (Å²) >= 11 is 0. The first-order valence-electron chi connectivity index (χ1n) is 6.44. The van der Waals surface area contributed by atoms with Gasteiger partial charge in [-0.25, -0.2) is 0 Å². The minimum Gasteiger partial charge on any atom is -0.303 e. The van der Waals surface area contributed by atoms with Crippen molar-refractivity contribution < 1.29 is 4.79 Å². The van der Waals surface area contributed by atoms with Crippen LogP contribution in [-0.4, -0.2) is 30.3 Å². The topological polar surface area (TPSA) is 20.3 Å². The van der Waals surface area contributed by atoms with Crippen LogP contribution in [-0.2, 0) is 4.79 Å². The lowest BCUT2D eigenvalue weighted by Crippen LogP contribution is -2.34. The Labute approximate surface area is 94.0 Å². The second-order valence-corrected chi connectivity index (χ2v) is 4.85. The van der Waals surface area contributed by atoms with Gasteiger partial charge in [-0.15, -0.1) is 0 Å². The van der Waals surface area contributed by atoms with Crippen LogP contribution in [0.25, 0.3) is 0 Å². The fourth-order valence-corrected chi connectivity index (χ4v) is 2.33. The Morgan fingerprint density at radius 2 is 1.93 bits per heavy atom. The average molecular weight is 211 g/mol. The van der Waals surface area contributed by atoms with E-state index in [1.807, 2.05) is 0 Å². The monoisotopic (exact) mass is 211 g/mol. The summed E-state index contributed by atoms with van der Waals surface area (Å²) in [5.41, 5.74) is 0. The van der Waals surface area contributed by atoms with E-state index in [4.69, 9.17) is 0 Å². The van der Waals surface area contributed by atoms with Crippen molar-refractivity contribution in [1.29, 1.82) is 0 Å². The molecule has 2 nitrogen and oxygen atoms in total. The van der Waals surface area contributed by atoms with Gasteiger partial charge >= 0.3 is 0 Å². The summed E-state index contributed by atoms with van der Waals surface area (Å²) in [5, 5.41) is 0. The maximum atomic E-state index is 10.8. The Morgan fingerprint density at radius 3 is 2.47 bits per heavy atom. The molecule has 0 radical (unpaired) electrons. The number of rotatable bonds is 6. The molecule has 1 heterocycles. The van der Waals surface area contributed by atoms with Gasteiger partial charge in [0.15, 0.2) is 0 Å². The molecule has 0 aliphatic carbocycles. The number of nitrogens with zero attached hydrogens (tertiary/aromatic N) is 1. The molecule has 0 atom stereocenters. The van der Waals surface area contributed by atoms with Crippen molar-refractivity contribution in [2.75, 3.05) is 19.6 Å². The van der Waals surface area contributed by atoms with Crippen LogP contribution >= 0.6 is 0 Å². The van der Waals surface area contributed by atoms with Crippen molar-refractivity contribution in [3.05, 3.63) is 0 Å². The Balaban J connectivity index is 2.01. The second-order valence-electron chi connectivity index (χ2n) is 4.85. The van der Waals surface area contributed by atoms with Crippen molar-refractivity contribution in [3.8, 4) is 0 Å². The van der Waals surface area contributed by atoms with E-state index in [-0.39, 0.29) is 0 Å². The highest BCUT2D eigenvalue weighted by atomic mass is 16.1. The summed E-state index contributed by atoms with van der Waals surface area (Å²) in [6.07, 6.45) is 7.13. The van der Waals surface area contributed by atoms with Gasteiger partial charge in [-0.1, -0.05) is 13.3 Å². The highest BCUT2D eigenvalue weighted by Crippen LogP contribution is 2.20.